The fraction of sp³-hybridized carbons (Fsp3) is 0.421. The van der Waals surface area contributed by atoms with Gasteiger partial charge in [-0.15, -0.1) is 0 Å². The van der Waals surface area contributed by atoms with Gasteiger partial charge in [0, 0.05) is 39.4 Å². The van der Waals surface area contributed by atoms with E-state index in [4.69, 9.17) is 0 Å². The summed E-state index contributed by atoms with van der Waals surface area (Å²) in [7, 11) is 1.02. The Bertz CT molecular complexity index is 789. The van der Waals surface area contributed by atoms with Crippen LogP contribution in [0.3, 0.4) is 0 Å². The molecule has 0 bridgehead atoms. The van der Waals surface area contributed by atoms with Crippen molar-refractivity contribution in [2.75, 3.05) is 30.5 Å². The van der Waals surface area contributed by atoms with E-state index in [1.54, 1.807) is 0 Å². The summed E-state index contributed by atoms with van der Waals surface area (Å²) in [6.07, 6.45) is 2.59. The van der Waals surface area contributed by atoms with Gasteiger partial charge in [0.05, 0.1) is 11.5 Å². The molecule has 0 unspecified atom stereocenters. The lowest BCUT2D eigenvalue weighted by Gasteiger charge is -2.28. The van der Waals surface area contributed by atoms with Gasteiger partial charge < -0.3 is 4.90 Å². The molecule has 0 amide bonds. The Kier molecular flexibility index (Phi) is 5.39. The Balaban J connectivity index is 1.78. The third-order valence-electron chi connectivity index (χ3n) is 4.61. The van der Waals surface area contributed by atoms with Crippen molar-refractivity contribution >= 4 is 15.7 Å². The van der Waals surface area contributed by atoms with Gasteiger partial charge in [-0.25, -0.2) is 13.4 Å². The molecule has 1 atom stereocenters. The molecule has 0 radical (unpaired) electrons. The molecule has 134 valence electrons. The molecular weight excluding hydrogens is 334 g/mol. The van der Waals surface area contributed by atoms with Crippen molar-refractivity contribution in [1.29, 1.82) is 0 Å². The number of benzene rings is 1. The zero-order valence-corrected chi connectivity index (χ0v) is 15.6. The van der Waals surface area contributed by atoms with Crippen molar-refractivity contribution in [3.63, 3.8) is 0 Å². The van der Waals surface area contributed by atoms with Crippen LogP contribution in [-0.4, -0.2) is 49.9 Å². The molecule has 1 fully saturated rings. The highest BCUT2D eigenvalue weighted by atomic mass is 32.2. The second kappa shape index (κ2) is 7.54. The molecule has 25 heavy (non-hydrogen) atoms. The largest absolute Gasteiger partial charge is 0.363 e. The standard InChI is InChI=1S/C19H25N3O2S/c1-21(2)19-9-8-17(12-20-19)14-22(13-16-6-4-3-5-7-16)18-10-11-25(23,24)15-18/h3-9,12,18H,10-11,13-15H2,1-2H3/t18-/m0/s1. The molecule has 6 heteroatoms. The zero-order valence-electron chi connectivity index (χ0n) is 14.8. The molecule has 0 aliphatic carbocycles. The minimum Gasteiger partial charge on any atom is -0.363 e. The van der Waals surface area contributed by atoms with Crippen LogP contribution in [0.1, 0.15) is 17.5 Å². The Labute approximate surface area is 150 Å². The molecule has 1 aliphatic rings. The highest BCUT2D eigenvalue weighted by molar-refractivity contribution is 7.91. The molecule has 2 aromatic rings. The molecular formula is C19H25N3O2S. The number of hydrogen-bond donors (Lipinski definition) is 0. The van der Waals surface area contributed by atoms with Crippen molar-refractivity contribution in [1.82, 2.24) is 9.88 Å². The minimum absolute atomic E-state index is 0.0683. The van der Waals surface area contributed by atoms with Crippen LogP contribution in [0.25, 0.3) is 0 Å². The summed E-state index contributed by atoms with van der Waals surface area (Å²) in [6, 6.07) is 14.4. The monoisotopic (exact) mass is 359 g/mol. The van der Waals surface area contributed by atoms with Crippen LogP contribution in [0.4, 0.5) is 5.82 Å². The minimum atomic E-state index is -2.91. The van der Waals surface area contributed by atoms with E-state index in [0.29, 0.717) is 18.7 Å². The summed E-state index contributed by atoms with van der Waals surface area (Å²) in [5.74, 6) is 1.46. The van der Waals surface area contributed by atoms with Gasteiger partial charge in [0.2, 0.25) is 0 Å². The van der Waals surface area contributed by atoms with E-state index < -0.39 is 9.84 Å². The van der Waals surface area contributed by atoms with Crippen LogP contribution >= 0.6 is 0 Å². The first-order valence-electron chi connectivity index (χ1n) is 8.53. The maximum atomic E-state index is 11.9. The number of sulfone groups is 1. The van der Waals surface area contributed by atoms with E-state index in [2.05, 4.69) is 28.1 Å². The molecule has 3 rings (SSSR count). The molecule has 0 spiro atoms. The number of nitrogens with zero attached hydrogens (tertiary/aromatic N) is 3. The highest BCUT2D eigenvalue weighted by Crippen LogP contribution is 2.22. The van der Waals surface area contributed by atoms with Gasteiger partial charge in [-0.3, -0.25) is 4.90 Å². The second-order valence-corrected chi connectivity index (χ2v) is 9.10. The molecule has 5 nitrogen and oxygen atoms in total. The van der Waals surface area contributed by atoms with E-state index >= 15 is 0 Å². The van der Waals surface area contributed by atoms with Crippen molar-refractivity contribution in [3.05, 3.63) is 59.8 Å². The molecule has 0 N–H and O–H groups in total. The average Bonchev–Trinajstić information content (AvgIpc) is 2.96. The fourth-order valence-corrected chi connectivity index (χ4v) is 4.97. The van der Waals surface area contributed by atoms with Crippen molar-refractivity contribution in [3.8, 4) is 0 Å². The third kappa shape index (κ3) is 4.80. The first kappa shape index (κ1) is 17.9. The highest BCUT2D eigenvalue weighted by Gasteiger charge is 2.32. The lowest BCUT2D eigenvalue weighted by Crippen LogP contribution is -2.35. The molecule has 1 aromatic carbocycles. The molecule has 1 aliphatic heterocycles. The van der Waals surface area contributed by atoms with Crippen molar-refractivity contribution in [2.45, 2.75) is 25.6 Å². The van der Waals surface area contributed by atoms with Gasteiger partial charge in [-0.2, -0.15) is 0 Å². The fourth-order valence-electron chi connectivity index (χ4n) is 3.20. The second-order valence-electron chi connectivity index (χ2n) is 6.87. The lowest BCUT2D eigenvalue weighted by molar-refractivity contribution is 0.194. The zero-order chi connectivity index (χ0) is 17.9. The normalized spacial score (nSPS) is 19.2. The average molecular weight is 359 g/mol. The first-order chi connectivity index (χ1) is 11.9. The summed E-state index contributed by atoms with van der Waals surface area (Å²) in [5, 5.41) is 0. The maximum absolute atomic E-state index is 11.9. The van der Waals surface area contributed by atoms with E-state index in [1.807, 2.05) is 49.5 Å². The van der Waals surface area contributed by atoms with E-state index in [0.717, 1.165) is 17.9 Å². The summed E-state index contributed by atoms with van der Waals surface area (Å²) >= 11 is 0. The number of anilines is 1. The quantitative estimate of drug-likeness (QED) is 0.792. The molecule has 2 heterocycles. The van der Waals surface area contributed by atoms with Gasteiger partial charge in [0.15, 0.2) is 9.84 Å². The predicted octanol–water partition coefficient (Wildman–Crippen LogP) is 2.34. The van der Waals surface area contributed by atoms with Gasteiger partial charge in [0.1, 0.15) is 5.82 Å². The summed E-state index contributed by atoms with van der Waals surface area (Å²) in [4.78, 5) is 8.71. The van der Waals surface area contributed by atoms with Crippen molar-refractivity contribution < 1.29 is 8.42 Å². The van der Waals surface area contributed by atoms with Gasteiger partial charge in [0.25, 0.3) is 0 Å². The first-order valence-corrected chi connectivity index (χ1v) is 10.4. The van der Waals surface area contributed by atoms with Gasteiger partial charge in [-0.1, -0.05) is 36.4 Å². The van der Waals surface area contributed by atoms with Crippen LogP contribution < -0.4 is 4.90 Å². The number of aromatic nitrogens is 1. The van der Waals surface area contributed by atoms with Crippen LogP contribution in [0.2, 0.25) is 0 Å². The van der Waals surface area contributed by atoms with Gasteiger partial charge in [-0.05, 0) is 23.6 Å². The van der Waals surface area contributed by atoms with Crippen molar-refractivity contribution in [2.24, 2.45) is 0 Å². The predicted molar refractivity (Wildman–Crippen MR) is 101 cm³/mol. The number of rotatable bonds is 6. The SMILES string of the molecule is CN(C)c1ccc(CN(Cc2ccccc2)[C@H]2CCS(=O)(=O)C2)cn1. The lowest BCUT2D eigenvalue weighted by atomic mass is 10.1. The maximum Gasteiger partial charge on any atom is 0.151 e. The van der Waals surface area contributed by atoms with E-state index in [9.17, 15) is 8.42 Å². The van der Waals surface area contributed by atoms with Gasteiger partial charge >= 0.3 is 0 Å². The van der Waals surface area contributed by atoms with E-state index in [1.165, 1.54) is 5.56 Å². The van der Waals surface area contributed by atoms with Crippen LogP contribution in [0.5, 0.6) is 0 Å². The molecule has 1 aromatic heterocycles. The Hall–Kier alpha value is -1.92. The summed E-state index contributed by atoms with van der Waals surface area (Å²) in [5.41, 5.74) is 2.30. The topological polar surface area (TPSA) is 53.5 Å². The van der Waals surface area contributed by atoms with Crippen LogP contribution in [0, 0.1) is 0 Å². The Morgan fingerprint density at radius 1 is 1.04 bits per heavy atom. The smallest absolute Gasteiger partial charge is 0.151 e. The number of pyridine rings is 1. The Morgan fingerprint density at radius 3 is 2.32 bits per heavy atom. The Morgan fingerprint density at radius 2 is 1.76 bits per heavy atom. The molecule has 1 saturated heterocycles. The third-order valence-corrected chi connectivity index (χ3v) is 6.36. The molecule has 0 saturated carbocycles. The van der Waals surface area contributed by atoms with E-state index in [-0.39, 0.29) is 11.8 Å². The summed E-state index contributed by atoms with van der Waals surface area (Å²) in [6.45, 7) is 1.45. The van der Waals surface area contributed by atoms with Crippen LogP contribution in [0.15, 0.2) is 48.7 Å². The van der Waals surface area contributed by atoms with Crippen LogP contribution in [-0.2, 0) is 22.9 Å². The summed E-state index contributed by atoms with van der Waals surface area (Å²) < 4.78 is 23.9. The number of hydrogen-bond acceptors (Lipinski definition) is 5.